The van der Waals surface area contributed by atoms with E-state index in [1.54, 1.807) is 24.0 Å². The fourth-order valence-electron chi connectivity index (χ4n) is 11.2. The van der Waals surface area contributed by atoms with Gasteiger partial charge in [0.15, 0.2) is 11.5 Å². The number of unbranched alkanes of at least 4 members (excludes halogenated alkanes) is 11. The van der Waals surface area contributed by atoms with Gasteiger partial charge < -0.3 is 48.8 Å². The van der Waals surface area contributed by atoms with E-state index in [0.29, 0.717) is 48.1 Å². The van der Waals surface area contributed by atoms with Crippen molar-refractivity contribution < 1.29 is 53.1 Å². The van der Waals surface area contributed by atoms with E-state index in [-0.39, 0.29) is 70.5 Å². The fourth-order valence-corrected chi connectivity index (χ4v) is 11.2. The minimum atomic E-state index is -1.53. The number of oxime groups is 1. The van der Waals surface area contributed by atoms with Gasteiger partial charge in [-0.3, -0.25) is 4.90 Å². The molecule has 4 aliphatic rings. The molecule has 0 radical (unpaired) electrons. The summed E-state index contributed by atoms with van der Waals surface area (Å²) in [6, 6.07) is 20.1. The Kier molecular flexibility index (Phi) is 21.1. The van der Waals surface area contributed by atoms with Crippen LogP contribution in [0, 0.1) is 17.8 Å². The van der Waals surface area contributed by atoms with Crippen molar-refractivity contribution in [2.75, 3.05) is 39.8 Å². The van der Waals surface area contributed by atoms with Gasteiger partial charge in [-0.1, -0.05) is 131 Å². The third-order valence-electron chi connectivity index (χ3n) is 14.6. The first kappa shape index (κ1) is 54.2. The molecule has 72 heavy (non-hydrogen) atoms. The van der Waals surface area contributed by atoms with Crippen molar-refractivity contribution in [3.05, 3.63) is 108 Å². The molecule has 3 aromatic rings. The van der Waals surface area contributed by atoms with Crippen molar-refractivity contribution in [1.29, 1.82) is 0 Å². The van der Waals surface area contributed by atoms with Gasteiger partial charge in [0.25, 0.3) is 0 Å². The molecule has 14 heteroatoms. The first-order valence-corrected chi connectivity index (χ1v) is 26.9. The lowest BCUT2D eigenvalue weighted by molar-refractivity contribution is -0.256. The molecule has 1 fully saturated rings. The van der Waals surface area contributed by atoms with Crippen LogP contribution in [0.3, 0.4) is 0 Å². The molecule has 3 aromatic carbocycles. The minimum absolute atomic E-state index is 0.00847. The van der Waals surface area contributed by atoms with Crippen molar-refractivity contribution in [1.82, 2.24) is 10.2 Å². The van der Waals surface area contributed by atoms with Crippen molar-refractivity contribution in [3.63, 3.8) is 0 Å². The molecule has 6 unspecified atom stereocenters. The van der Waals surface area contributed by atoms with Gasteiger partial charge in [-0.25, -0.2) is 9.59 Å². The summed E-state index contributed by atoms with van der Waals surface area (Å²) in [4.78, 5) is 36.1. The standard InChI is InChI=1S/C58H79N3O11/c1-4-7-8-9-10-11-12-13-14-20-31-59-56(64)71-45-28-30-50-48(37-45)54-46(26-19-22-33-63)44(25-18-21-32-62)36-47-49(60-70-40-42-23-16-15-17-24-42)38-53(58(72-50,55(47)54)69-34-5-2)61(57(65)66-6-3)39-43-27-29-51-52(35-43)68-41-67-51/h5,15-17,23-24,27-30,35-37,44,46,53-55,62-63H,2,4,6-14,18-22,25-26,31-34,38-41H2,1,3H3,(H,59,64). The van der Waals surface area contributed by atoms with E-state index in [1.807, 2.05) is 60.7 Å². The Labute approximate surface area is 427 Å². The number of amides is 2. The Morgan fingerprint density at radius 3 is 2.29 bits per heavy atom. The monoisotopic (exact) mass is 994 g/mol. The SMILES string of the molecule is C=CCOC12Oc3ccc(OC(=O)NCCCCCCCCCCCC)cc3C3C(CCCCO)C(CCCCO)C=C(C(=NOCc4ccccc4)CC1N(Cc1ccc4c(c1)OCO4)C(=O)OCC)C32. The molecular formula is C58H79N3O11. The number of ether oxygens (including phenoxy) is 6. The maximum Gasteiger partial charge on any atom is 0.412 e. The minimum Gasteiger partial charge on any atom is -0.459 e. The van der Waals surface area contributed by atoms with Crippen LogP contribution in [0.1, 0.15) is 146 Å². The summed E-state index contributed by atoms with van der Waals surface area (Å²) >= 11 is 0. The highest BCUT2D eigenvalue weighted by Crippen LogP contribution is 2.62. The molecule has 14 nitrogen and oxygen atoms in total. The van der Waals surface area contributed by atoms with Crippen LogP contribution in [-0.2, 0) is 27.5 Å². The molecule has 2 aliphatic heterocycles. The van der Waals surface area contributed by atoms with Crippen molar-refractivity contribution in [3.8, 4) is 23.0 Å². The quantitative estimate of drug-likeness (QED) is 0.0330. The highest BCUT2D eigenvalue weighted by Gasteiger charge is 2.65. The van der Waals surface area contributed by atoms with E-state index in [9.17, 15) is 19.8 Å². The van der Waals surface area contributed by atoms with E-state index in [4.69, 9.17) is 38.4 Å². The van der Waals surface area contributed by atoms with Gasteiger partial charge in [0.2, 0.25) is 12.6 Å². The van der Waals surface area contributed by atoms with E-state index in [2.05, 4.69) is 24.9 Å². The third kappa shape index (κ3) is 13.9. The summed E-state index contributed by atoms with van der Waals surface area (Å²) in [6.07, 6.45) is 19.5. The second kappa shape index (κ2) is 28.0. The van der Waals surface area contributed by atoms with Crippen molar-refractivity contribution >= 4 is 17.9 Å². The van der Waals surface area contributed by atoms with Gasteiger partial charge >= 0.3 is 12.2 Å². The highest BCUT2D eigenvalue weighted by atomic mass is 16.7. The van der Waals surface area contributed by atoms with Gasteiger partial charge in [-0.15, -0.1) is 6.58 Å². The second-order valence-corrected chi connectivity index (χ2v) is 19.5. The highest BCUT2D eigenvalue weighted by molar-refractivity contribution is 6.03. The molecule has 392 valence electrons. The molecule has 2 aliphatic carbocycles. The Morgan fingerprint density at radius 1 is 0.833 bits per heavy atom. The lowest BCUT2D eigenvalue weighted by Gasteiger charge is -2.59. The topological polar surface area (TPSA) is 167 Å². The van der Waals surface area contributed by atoms with Crippen LogP contribution in [-0.4, -0.2) is 84.6 Å². The number of hydrogen-bond donors (Lipinski definition) is 3. The lowest BCUT2D eigenvalue weighted by Crippen LogP contribution is -2.70. The van der Waals surface area contributed by atoms with Crippen LogP contribution in [0.25, 0.3) is 0 Å². The zero-order chi connectivity index (χ0) is 50.5. The number of benzene rings is 3. The number of hydrogen-bond acceptors (Lipinski definition) is 12. The van der Waals surface area contributed by atoms with Gasteiger partial charge in [0.1, 0.15) is 24.1 Å². The number of aliphatic hydroxyl groups excluding tert-OH is 2. The summed E-state index contributed by atoms with van der Waals surface area (Å²) in [5, 5.41) is 28.0. The number of aliphatic hydroxyl groups is 2. The predicted octanol–water partition coefficient (Wildman–Crippen LogP) is 11.9. The molecule has 0 aromatic heterocycles. The first-order chi connectivity index (χ1) is 35.3. The summed E-state index contributed by atoms with van der Waals surface area (Å²) in [5.74, 6) is -0.337. The Balaban J connectivity index is 1.28. The van der Waals surface area contributed by atoms with Crippen LogP contribution >= 0.6 is 0 Å². The average molecular weight is 994 g/mol. The van der Waals surface area contributed by atoms with Crippen molar-refractivity contribution in [2.24, 2.45) is 22.9 Å². The van der Waals surface area contributed by atoms with Crippen LogP contribution < -0.4 is 24.3 Å². The fraction of sp³-hybridized carbons (Fsp3) is 0.569. The van der Waals surface area contributed by atoms with Gasteiger partial charge in [-0.05, 0) is 97.9 Å². The number of nitrogens with zero attached hydrogens (tertiary/aromatic N) is 2. The third-order valence-corrected chi connectivity index (χ3v) is 14.6. The smallest absolute Gasteiger partial charge is 0.412 e. The molecule has 2 amide bonds. The van der Waals surface area contributed by atoms with Crippen LogP contribution in [0.15, 0.2) is 96.2 Å². The average Bonchev–Trinajstić information content (AvgIpc) is 3.86. The molecule has 7 rings (SSSR count). The maximum atomic E-state index is 14.7. The largest absolute Gasteiger partial charge is 0.459 e. The predicted molar refractivity (Wildman–Crippen MR) is 277 cm³/mol. The normalized spacial score (nSPS) is 22.0. The molecule has 6 atom stereocenters. The van der Waals surface area contributed by atoms with E-state index in [1.165, 1.54) is 44.9 Å². The molecule has 1 saturated carbocycles. The number of carbonyl (C=O) groups excluding carboxylic acids is 2. The molecule has 3 N–H and O–H groups in total. The summed E-state index contributed by atoms with van der Waals surface area (Å²) in [6.45, 7) is 9.39. The van der Waals surface area contributed by atoms with E-state index < -0.39 is 29.9 Å². The van der Waals surface area contributed by atoms with Gasteiger partial charge in [0.05, 0.1) is 24.8 Å². The second-order valence-electron chi connectivity index (χ2n) is 19.5. The van der Waals surface area contributed by atoms with Crippen LogP contribution in [0.4, 0.5) is 9.59 Å². The lowest BCUT2D eigenvalue weighted by atomic mass is 9.55. The van der Waals surface area contributed by atoms with E-state index in [0.717, 1.165) is 67.2 Å². The number of rotatable bonds is 30. The molecule has 0 bridgehead atoms. The Bertz CT molecular complexity index is 2250. The zero-order valence-corrected chi connectivity index (χ0v) is 42.7. The zero-order valence-electron chi connectivity index (χ0n) is 42.7. The van der Waals surface area contributed by atoms with Crippen LogP contribution in [0.2, 0.25) is 0 Å². The summed E-state index contributed by atoms with van der Waals surface area (Å²) in [5.41, 5.74) is 4.11. The molecule has 0 saturated heterocycles. The molecule has 2 heterocycles. The number of nitrogens with one attached hydrogen (secondary N) is 1. The number of carbonyl (C=O) groups is 2. The molecule has 0 spiro atoms. The maximum absolute atomic E-state index is 14.7. The Morgan fingerprint density at radius 2 is 1.56 bits per heavy atom. The number of fused-ring (bicyclic) bond motifs is 3. The first-order valence-electron chi connectivity index (χ1n) is 26.9. The Hall–Kier alpha value is -5.57. The van der Waals surface area contributed by atoms with Gasteiger partial charge in [0, 0.05) is 44.2 Å². The summed E-state index contributed by atoms with van der Waals surface area (Å²) in [7, 11) is 0. The van der Waals surface area contributed by atoms with Gasteiger partial charge in [-0.2, -0.15) is 0 Å². The van der Waals surface area contributed by atoms with E-state index >= 15 is 0 Å². The summed E-state index contributed by atoms with van der Waals surface area (Å²) < 4.78 is 37.9. The molecular weight excluding hydrogens is 915 g/mol. The number of allylic oxidation sites excluding steroid dienone is 1. The van der Waals surface area contributed by atoms with Crippen molar-refractivity contribution in [2.45, 2.75) is 154 Å². The van der Waals surface area contributed by atoms with Crippen LogP contribution in [0.5, 0.6) is 23.0 Å².